The largest absolute Gasteiger partial charge is 0.492 e. The smallest absolute Gasteiger partial charge is 0.337 e. The summed E-state index contributed by atoms with van der Waals surface area (Å²) in [6.07, 6.45) is 0. The number of carbonyl (C=O) groups excluding carboxylic acids is 1. The van der Waals surface area contributed by atoms with Gasteiger partial charge >= 0.3 is 5.97 Å². The minimum atomic E-state index is -0.383. The highest BCUT2D eigenvalue weighted by atomic mass is 16.5. The molecule has 0 saturated carbocycles. The van der Waals surface area contributed by atoms with Crippen molar-refractivity contribution in [2.45, 2.75) is 19.9 Å². The Hall–Kier alpha value is -5.70. The van der Waals surface area contributed by atoms with Gasteiger partial charge in [-0.2, -0.15) is 5.10 Å². The number of ether oxygens (including phenoxy) is 2. The van der Waals surface area contributed by atoms with E-state index in [-0.39, 0.29) is 12.0 Å². The van der Waals surface area contributed by atoms with Gasteiger partial charge in [0.05, 0.1) is 53.8 Å². The van der Waals surface area contributed by atoms with Gasteiger partial charge in [-0.05, 0) is 67.9 Å². The summed E-state index contributed by atoms with van der Waals surface area (Å²) in [5.41, 5.74) is 6.66. The summed E-state index contributed by atoms with van der Waals surface area (Å²) in [7, 11) is 1.38. The second kappa shape index (κ2) is 11.2. The Labute approximate surface area is 255 Å². The van der Waals surface area contributed by atoms with Crippen molar-refractivity contribution in [3.63, 3.8) is 0 Å². The third-order valence-corrected chi connectivity index (χ3v) is 7.73. The average Bonchev–Trinajstić information content (AvgIpc) is 3.40. The number of aryl methyl sites for hydroxylation is 1. The number of anilines is 2. The lowest BCUT2D eigenvalue weighted by Crippen LogP contribution is -2.46. The zero-order chi connectivity index (χ0) is 30.2. The van der Waals surface area contributed by atoms with Crippen LogP contribution in [0.1, 0.15) is 40.1 Å². The monoisotopic (exact) mass is 582 g/mol. The number of amidine groups is 2. The highest BCUT2D eigenvalue weighted by Crippen LogP contribution is 2.48. The molecular formula is C35H30N6O3. The molecule has 2 aliphatic heterocycles. The van der Waals surface area contributed by atoms with Crippen LogP contribution in [0.15, 0.2) is 113 Å². The summed E-state index contributed by atoms with van der Waals surface area (Å²) >= 11 is 0. The molecule has 1 atom stereocenters. The third-order valence-electron chi connectivity index (χ3n) is 7.73. The minimum Gasteiger partial charge on any atom is -0.492 e. The fourth-order valence-corrected chi connectivity index (χ4v) is 5.76. The van der Waals surface area contributed by atoms with E-state index in [2.05, 4.69) is 16.3 Å². The number of nitrogens with one attached hydrogen (secondary N) is 1. The first-order valence-electron chi connectivity index (χ1n) is 14.5. The van der Waals surface area contributed by atoms with Crippen LogP contribution in [-0.4, -0.2) is 41.1 Å². The second-order valence-electron chi connectivity index (χ2n) is 10.4. The van der Waals surface area contributed by atoms with Crippen molar-refractivity contribution in [1.29, 1.82) is 0 Å². The van der Waals surface area contributed by atoms with Crippen molar-refractivity contribution in [3.8, 4) is 11.4 Å². The number of benzene rings is 4. The topological polar surface area (TPSA) is 93.3 Å². The molecule has 2 aliphatic rings. The number of rotatable bonds is 6. The molecule has 1 N–H and O–H groups in total. The van der Waals surface area contributed by atoms with Crippen LogP contribution >= 0.6 is 0 Å². The van der Waals surface area contributed by atoms with Gasteiger partial charge in [0, 0.05) is 5.56 Å². The van der Waals surface area contributed by atoms with Gasteiger partial charge in [0.1, 0.15) is 5.75 Å². The molecule has 0 bridgehead atoms. The van der Waals surface area contributed by atoms with E-state index in [4.69, 9.17) is 24.6 Å². The number of hydrogen-bond acceptors (Lipinski definition) is 8. The number of carbonyl (C=O) groups is 1. The van der Waals surface area contributed by atoms with Gasteiger partial charge in [-0.15, -0.1) is 0 Å². The third kappa shape index (κ3) is 4.59. The predicted molar refractivity (Wildman–Crippen MR) is 172 cm³/mol. The van der Waals surface area contributed by atoms with Crippen molar-refractivity contribution in [2.24, 2.45) is 9.98 Å². The molecule has 1 aromatic heterocycles. The van der Waals surface area contributed by atoms with E-state index in [9.17, 15) is 4.79 Å². The van der Waals surface area contributed by atoms with Gasteiger partial charge in [0.15, 0.2) is 17.5 Å². The lowest BCUT2D eigenvalue weighted by molar-refractivity contribution is 0.0600. The molecule has 218 valence electrons. The van der Waals surface area contributed by atoms with Crippen molar-refractivity contribution in [2.75, 3.05) is 23.9 Å². The van der Waals surface area contributed by atoms with Crippen LogP contribution in [0.25, 0.3) is 5.69 Å². The van der Waals surface area contributed by atoms with E-state index in [0.717, 1.165) is 45.3 Å². The number of fused-ring (bicyclic) bond motifs is 4. The summed E-state index contributed by atoms with van der Waals surface area (Å²) in [5.74, 6) is 2.28. The van der Waals surface area contributed by atoms with E-state index < -0.39 is 0 Å². The summed E-state index contributed by atoms with van der Waals surface area (Å²) in [6, 6.07) is 33.0. The van der Waals surface area contributed by atoms with Gasteiger partial charge in [-0.3, -0.25) is 0 Å². The molecule has 5 aromatic rings. The Morgan fingerprint density at radius 2 is 1.61 bits per heavy atom. The van der Waals surface area contributed by atoms with Crippen LogP contribution in [-0.2, 0) is 4.74 Å². The van der Waals surface area contributed by atoms with Crippen LogP contribution in [0, 0.1) is 6.92 Å². The molecule has 4 aromatic carbocycles. The van der Waals surface area contributed by atoms with Crippen molar-refractivity contribution < 1.29 is 14.3 Å². The Morgan fingerprint density at radius 1 is 0.886 bits per heavy atom. The van der Waals surface area contributed by atoms with Crippen LogP contribution < -0.4 is 15.0 Å². The summed E-state index contributed by atoms with van der Waals surface area (Å²) in [5, 5.41) is 8.52. The molecule has 9 heteroatoms. The van der Waals surface area contributed by atoms with E-state index in [0.29, 0.717) is 29.7 Å². The van der Waals surface area contributed by atoms with Crippen molar-refractivity contribution >= 4 is 40.5 Å². The van der Waals surface area contributed by atoms with Crippen LogP contribution in [0.4, 0.5) is 22.9 Å². The maximum absolute atomic E-state index is 12.3. The molecule has 9 nitrogen and oxygen atoms in total. The first kappa shape index (κ1) is 27.2. The van der Waals surface area contributed by atoms with E-state index in [1.165, 1.54) is 7.11 Å². The number of para-hydroxylation sites is 5. The van der Waals surface area contributed by atoms with Gasteiger partial charge < -0.3 is 19.7 Å². The van der Waals surface area contributed by atoms with Crippen LogP contribution in [0.3, 0.4) is 0 Å². The number of aromatic nitrogens is 2. The molecule has 0 unspecified atom stereocenters. The molecule has 0 radical (unpaired) electrons. The molecule has 3 heterocycles. The highest BCUT2D eigenvalue weighted by Gasteiger charge is 2.41. The molecule has 0 saturated heterocycles. The normalized spacial score (nSPS) is 14.9. The van der Waals surface area contributed by atoms with E-state index in [1.807, 2.05) is 103 Å². The Bertz CT molecular complexity index is 1930. The lowest BCUT2D eigenvalue weighted by Gasteiger charge is -2.40. The fraction of sp³-hybridized carbons (Fsp3) is 0.143. The van der Waals surface area contributed by atoms with Gasteiger partial charge in [0.25, 0.3) is 0 Å². The molecular weight excluding hydrogens is 552 g/mol. The first-order valence-corrected chi connectivity index (χ1v) is 14.5. The maximum atomic E-state index is 12.3. The SMILES string of the molecule is CCOc1ccccc1NC1=Nc2ccccc2N2C1=Nc1c(c(C)nn1-c1ccccc1)[C@H]2c1ccc(C(=O)OC)cc1. The number of nitrogens with zero attached hydrogens (tertiary/aromatic N) is 5. The second-order valence-corrected chi connectivity index (χ2v) is 10.4. The molecule has 44 heavy (non-hydrogen) atoms. The maximum Gasteiger partial charge on any atom is 0.337 e. The zero-order valence-corrected chi connectivity index (χ0v) is 24.6. The molecule has 0 fully saturated rings. The van der Waals surface area contributed by atoms with Crippen LogP contribution in [0.2, 0.25) is 0 Å². The number of methoxy groups -OCH3 is 1. The number of esters is 1. The average molecular weight is 583 g/mol. The highest BCUT2D eigenvalue weighted by molar-refractivity contribution is 6.51. The van der Waals surface area contributed by atoms with Crippen molar-refractivity contribution in [3.05, 3.63) is 126 Å². The van der Waals surface area contributed by atoms with Crippen molar-refractivity contribution in [1.82, 2.24) is 9.78 Å². The zero-order valence-electron chi connectivity index (χ0n) is 24.6. The molecule has 0 amide bonds. The Kier molecular flexibility index (Phi) is 6.90. The minimum absolute atomic E-state index is 0.322. The van der Waals surface area contributed by atoms with Crippen LogP contribution in [0.5, 0.6) is 5.75 Å². The molecule has 7 rings (SSSR count). The Balaban J connectivity index is 1.46. The fourth-order valence-electron chi connectivity index (χ4n) is 5.76. The first-order chi connectivity index (χ1) is 21.6. The summed E-state index contributed by atoms with van der Waals surface area (Å²) in [6.45, 7) is 4.50. The lowest BCUT2D eigenvalue weighted by atomic mass is 9.92. The predicted octanol–water partition coefficient (Wildman–Crippen LogP) is 7.16. The van der Waals surface area contributed by atoms with Gasteiger partial charge in [-0.1, -0.05) is 54.6 Å². The summed E-state index contributed by atoms with van der Waals surface area (Å²) < 4.78 is 12.8. The van der Waals surface area contributed by atoms with E-state index >= 15 is 0 Å². The molecule has 0 aliphatic carbocycles. The van der Waals surface area contributed by atoms with E-state index in [1.54, 1.807) is 12.1 Å². The van der Waals surface area contributed by atoms with Gasteiger partial charge in [-0.25, -0.2) is 19.5 Å². The molecule has 0 spiro atoms. The number of aliphatic imine (C=N–C) groups is 2. The van der Waals surface area contributed by atoms with Gasteiger partial charge in [0.2, 0.25) is 0 Å². The summed E-state index contributed by atoms with van der Waals surface area (Å²) in [4.78, 5) is 24.9. The Morgan fingerprint density at radius 3 is 2.39 bits per heavy atom. The number of hydrogen-bond donors (Lipinski definition) is 1. The standard InChI is InChI=1S/C35H30N6O3/c1-4-44-29-17-11-9-15-27(29)37-32-34-38-33-30(22(2)39-41(33)25-12-6-5-7-13-25)31(23-18-20-24(21-19-23)35(42)43-3)40(34)28-16-10-8-14-26(28)36-32/h5-21,31H,4H2,1-3H3,(H,36,37)/t31-/m1/s1. The quantitative estimate of drug-likeness (QED) is 0.214.